The molecule has 3 N–H and O–H groups in total. The molecule has 1 unspecified atom stereocenters. The average Bonchev–Trinajstić information content (AvgIpc) is 3.31. The first-order chi connectivity index (χ1) is 15.9. The van der Waals surface area contributed by atoms with Crippen LogP contribution in [0.2, 0.25) is 0 Å². The first-order valence-corrected chi connectivity index (χ1v) is 10.6. The van der Waals surface area contributed by atoms with E-state index in [1.807, 2.05) is 19.0 Å². The summed E-state index contributed by atoms with van der Waals surface area (Å²) in [4.78, 5) is 31.9. The molecule has 3 aromatic rings. The maximum Gasteiger partial charge on any atom is 0.258 e. The molecule has 0 saturated carbocycles. The molecule has 0 radical (unpaired) electrons. The zero-order valence-electron chi connectivity index (χ0n) is 18.4. The number of anilines is 1. The van der Waals surface area contributed by atoms with Gasteiger partial charge in [-0.15, -0.1) is 0 Å². The summed E-state index contributed by atoms with van der Waals surface area (Å²) in [5.41, 5.74) is 9.05. The number of halogens is 1. The van der Waals surface area contributed by atoms with E-state index in [0.717, 1.165) is 13.0 Å². The molecule has 1 aliphatic heterocycles. The lowest BCUT2D eigenvalue weighted by Crippen LogP contribution is -2.34. The van der Waals surface area contributed by atoms with Gasteiger partial charge in [0.1, 0.15) is 11.5 Å². The van der Waals surface area contributed by atoms with Crippen molar-refractivity contribution < 1.29 is 9.18 Å². The molecule has 1 atom stereocenters. The Bertz CT molecular complexity index is 1280. The van der Waals surface area contributed by atoms with E-state index in [1.54, 1.807) is 24.3 Å². The van der Waals surface area contributed by atoms with Crippen molar-refractivity contribution >= 4 is 28.2 Å². The number of likely N-dealkylation sites (N-methyl/N-ethyl adjacent to an activating group) is 1. The highest BCUT2D eigenvalue weighted by molar-refractivity contribution is 5.94. The quantitative estimate of drug-likeness (QED) is 0.498. The van der Waals surface area contributed by atoms with E-state index in [0.29, 0.717) is 34.7 Å². The van der Waals surface area contributed by atoms with E-state index in [4.69, 9.17) is 5.53 Å². The minimum atomic E-state index is -0.430. The fraction of sp³-hybridized carbons (Fsp3) is 0.250. The molecular weight excluding hydrogens is 423 g/mol. The summed E-state index contributed by atoms with van der Waals surface area (Å²) in [5.74, 6) is -0.425. The van der Waals surface area contributed by atoms with Gasteiger partial charge in [-0.25, -0.2) is 9.92 Å². The Kier molecular flexibility index (Phi) is 6.32. The number of nitrogens with one attached hydrogen (secondary N) is 3. The Balaban J connectivity index is 1.50. The second-order valence-electron chi connectivity index (χ2n) is 8.26. The van der Waals surface area contributed by atoms with Crippen LogP contribution in [0.25, 0.3) is 16.6 Å². The van der Waals surface area contributed by atoms with Crippen molar-refractivity contribution in [3.05, 3.63) is 82.0 Å². The number of nitrogens with zero attached hydrogens (tertiary/aromatic N) is 3. The highest BCUT2D eigenvalue weighted by Crippen LogP contribution is 2.20. The summed E-state index contributed by atoms with van der Waals surface area (Å²) in [7, 11) is 4.04. The SMILES string of the molecule is CN(C)C1CCN(C(=O)c2ccc(N/C=C(\N=N)c3cc4cc(F)ccc4[nH]c3=O)cc2)C1. The average molecular weight is 449 g/mol. The minimum Gasteiger partial charge on any atom is -0.360 e. The molecule has 33 heavy (non-hydrogen) atoms. The molecule has 1 amide bonds. The molecule has 8 nitrogen and oxygen atoms in total. The molecule has 1 aromatic heterocycles. The van der Waals surface area contributed by atoms with Crippen molar-refractivity contribution in [3.8, 4) is 0 Å². The summed E-state index contributed by atoms with van der Waals surface area (Å²) in [6.45, 7) is 1.45. The molecule has 1 aliphatic rings. The van der Waals surface area contributed by atoms with Crippen molar-refractivity contribution in [1.29, 1.82) is 5.53 Å². The van der Waals surface area contributed by atoms with Gasteiger partial charge >= 0.3 is 0 Å². The number of rotatable bonds is 6. The van der Waals surface area contributed by atoms with Crippen LogP contribution in [-0.2, 0) is 0 Å². The van der Waals surface area contributed by atoms with Crippen LogP contribution in [0.5, 0.6) is 0 Å². The van der Waals surface area contributed by atoms with Crippen molar-refractivity contribution in [3.63, 3.8) is 0 Å². The second-order valence-corrected chi connectivity index (χ2v) is 8.26. The first-order valence-electron chi connectivity index (χ1n) is 10.6. The van der Waals surface area contributed by atoms with Crippen LogP contribution in [-0.4, -0.2) is 53.9 Å². The maximum absolute atomic E-state index is 13.6. The van der Waals surface area contributed by atoms with Gasteiger partial charge in [0.05, 0.1) is 5.56 Å². The molecular formula is C24H25FN6O2. The number of aromatic nitrogens is 1. The number of benzene rings is 2. The summed E-state index contributed by atoms with van der Waals surface area (Å²) in [5, 5.41) is 6.96. The van der Waals surface area contributed by atoms with Crippen molar-refractivity contribution in [2.75, 3.05) is 32.5 Å². The van der Waals surface area contributed by atoms with Gasteiger partial charge in [0.2, 0.25) is 0 Å². The summed E-state index contributed by atoms with van der Waals surface area (Å²) in [6.07, 6.45) is 2.39. The first kappa shape index (κ1) is 22.3. The Labute approximate surface area is 190 Å². The molecule has 2 heterocycles. The molecule has 1 saturated heterocycles. The van der Waals surface area contributed by atoms with Gasteiger partial charge in [-0.05, 0) is 69.0 Å². The number of amides is 1. The monoisotopic (exact) mass is 448 g/mol. The fourth-order valence-corrected chi connectivity index (χ4v) is 3.93. The van der Waals surface area contributed by atoms with Gasteiger partial charge in [-0.1, -0.05) is 0 Å². The lowest BCUT2D eigenvalue weighted by Gasteiger charge is -2.20. The maximum atomic E-state index is 13.6. The molecule has 0 bridgehead atoms. The van der Waals surface area contributed by atoms with Gasteiger partial charge < -0.3 is 20.1 Å². The standard InChI is InChI=1S/C24H25FN6O2/c1-30(2)19-9-10-31(14-19)24(33)15-3-6-18(7-4-15)27-13-22(29-26)20-12-16-11-17(25)5-8-21(16)28-23(20)32/h3-8,11-13,19,26-27H,9-10,14H2,1-2H3,(H,28,32)/b22-13-,29-26?. The van der Waals surface area contributed by atoms with Crippen LogP contribution in [0.1, 0.15) is 22.3 Å². The van der Waals surface area contributed by atoms with E-state index in [1.165, 1.54) is 30.5 Å². The normalized spacial score (nSPS) is 16.4. The van der Waals surface area contributed by atoms with Gasteiger partial charge in [-0.3, -0.25) is 9.59 Å². The number of fused-ring (bicyclic) bond motifs is 1. The predicted octanol–water partition coefficient (Wildman–Crippen LogP) is 3.88. The van der Waals surface area contributed by atoms with Crippen molar-refractivity contribution in [2.45, 2.75) is 12.5 Å². The van der Waals surface area contributed by atoms with Gasteiger partial charge in [0, 0.05) is 47.5 Å². The lowest BCUT2D eigenvalue weighted by molar-refractivity contribution is 0.0783. The molecule has 4 rings (SSSR count). The van der Waals surface area contributed by atoms with Gasteiger partial charge in [0.25, 0.3) is 11.5 Å². The number of likely N-dealkylation sites (tertiary alicyclic amines) is 1. The number of aromatic amines is 1. The largest absolute Gasteiger partial charge is 0.360 e. The molecule has 2 aromatic carbocycles. The van der Waals surface area contributed by atoms with Gasteiger partial charge in [0.15, 0.2) is 0 Å². The van der Waals surface area contributed by atoms with Crippen LogP contribution in [0.3, 0.4) is 0 Å². The number of carbonyl (C=O) groups is 1. The third-order valence-electron chi connectivity index (χ3n) is 5.89. The van der Waals surface area contributed by atoms with Crippen molar-refractivity contribution in [1.82, 2.24) is 14.8 Å². The topological polar surface area (TPSA) is 105 Å². The number of H-pyrrole nitrogens is 1. The van der Waals surface area contributed by atoms with Gasteiger partial charge in [-0.2, -0.15) is 5.11 Å². The number of carbonyl (C=O) groups excluding carboxylic acids is 1. The third kappa shape index (κ3) is 4.83. The molecule has 0 aliphatic carbocycles. The molecule has 9 heteroatoms. The van der Waals surface area contributed by atoms with Crippen LogP contribution < -0.4 is 10.9 Å². The highest BCUT2D eigenvalue weighted by Gasteiger charge is 2.27. The highest BCUT2D eigenvalue weighted by atomic mass is 19.1. The van der Waals surface area contributed by atoms with Crippen LogP contribution >= 0.6 is 0 Å². The van der Waals surface area contributed by atoms with Crippen LogP contribution in [0.15, 0.2) is 64.6 Å². The Hall–Kier alpha value is -3.85. The molecule has 0 spiro atoms. The third-order valence-corrected chi connectivity index (χ3v) is 5.89. The zero-order valence-corrected chi connectivity index (χ0v) is 18.4. The van der Waals surface area contributed by atoms with E-state index in [-0.39, 0.29) is 17.2 Å². The lowest BCUT2D eigenvalue weighted by atomic mass is 10.1. The Morgan fingerprint density at radius 2 is 2.00 bits per heavy atom. The second kappa shape index (κ2) is 9.33. The van der Waals surface area contributed by atoms with Crippen LogP contribution in [0, 0.1) is 11.3 Å². The smallest absolute Gasteiger partial charge is 0.258 e. The summed E-state index contributed by atoms with van der Waals surface area (Å²) < 4.78 is 13.6. The number of pyridine rings is 1. The van der Waals surface area contributed by atoms with Crippen molar-refractivity contribution in [2.24, 2.45) is 5.11 Å². The number of hydrogen-bond acceptors (Lipinski definition) is 6. The van der Waals surface area contributed by atoms with E-state index in [2.05, 4.69) is 20.3 Å². The van der Waals surface area contributed by atoms with Crippen LogP contribution in [0.4, 0.5) is 10.1 Å². The van der Waals surface area contributed by atoms with E-state index >= 15 is 0 Å². The van der Waals surface area contributed by atoms with E-state index < -0.39 is 11.4 Å². The Morgan fingerprint density at radius 1 is 1.24 bits per heavy atom. The minimum absolute atomic E-state index is 0.00165. The Morgan fingerprint density at radius 3 is 2.67 bits per heavy atom. The zero-order chi connectivity index (χ0) is 23.5. The predicted molar refractivity (Wildman–Crippen MR) is 126 cm³/mol. The molecule has 1 fully saturated rings. The summed E-state index contributed by atoms with van der Waals surface area (Å²) in [6, 6.07) is 12.9. The van der Waals surface area contributed by atoms with E-state index in [9.17, 15) is 14.0 Å². The summed E-state index contributed by atoms with van der Waals surface area (Å²) >= 11 is 0. The fourth-order valence-electron chi connectivity index (χ4n) is 3.93. The number of hydrogen-bond donors (Lipinski definition) is 3. The molecule has 170 valence electrons.